The fourth-order valence-electron chi connectivity index (χ4n) is 3.76. The van der Waals surface area contributed by atoms with Crippen molar-refractivity contribution in [1.29, 1.82) is 0 Å². The molecule has 0 radical (unpaired) electrons. The number of hydrogen-bond donors (Lipinski definition) is 0. The average molecular weight is 526 g/mol. The van der Waals surface area contributed by atoms with Crippen molar-refractivity contribution < 1.29 is 9.53 Å². The van der Waals surface area contributed by atoms with E-state index in [1.165, 1.54) is 39.8 Å². The summed E-state index contributed by atoms with van der Waals surface area (Å²) >= 11 is 9.61. The van der Waals surface area contributed by atoms with E-state index in [1.54, 1.807) is 17.8 Å². The Morgan fingerprint density at radius 1 is 1.12 bits per heavy atom. The Morgan fingerprint density at radius 3 is 2.59 bits per heavy atom. The zero-order valence-electron chi connectivity index (χ0n) is 18.3. The number of thiazole rings is 1. The number of hydrogen-bond acceptors (Lipinski definition) is 8. The van der Waals surface area contributed by atoms with Gasteiger partial charge in [0.05, 0.1) is 18.5 Å². The van der Waals surface area contributed by atoms with Crippen LogP contribution in [0.15, 0.2) is 70.9 Å². The van der Waals surface area contributed by atoms with E-state index in [-0.39, 0.29) is 11.5 Å². The lowest BCUT2D eigenvalue weighted by Gasteiger charge is -2.13. The van der Waals surface area contributed by atoms with Crippen molar-refractivity contribution in [3.63, 3.8) is 0 Å². The predicted molar refractivity (Wildman–Crippen MR) is 146 cm³/mol. The zero-order valence-corrected chi connectivity index (χ0v) is 21.6. The largest absolute Gasteiger partial charge is 0.497 e. The maximum atomic E-state index is 13.5. The van der Waals surface area contributed by atoms with Gasteiger partial charge in [0.2, 0.25) is 0 Å². The van der Waals surface area contributed by atoms with E-state index >= 15 is 0 Å². The molecule has 1 fully saturated rings. The number of para-hydroxylation sites is 1. The van der Waals surface area contributed by atoms with E-state index in [0.717, 1.165) is 21.4 Å². The molecule has 0 bridgehead atoms. The minimum absolute atomic E-state index is 0.154. The minimum atomic E-state index is -0.225. The Balaban J connectivity index is 1.70. The van der Waals surface area contributed by atoms with Crippen molar-refractivity contribution in [3.8, 4) is 5.75 Å². The highest BCUT2D eigenvalue weighted by Gasteiger charge is 2.35. The standard InChI is InChI=1S/C24H19N3O3S4/c1-4-12-26-20(28)18(22-25(2)16-13-15(30-3)10-11-17(16)32-22)33-23(26)19-21(29)27(24(31)34-19)14-8-6-5-7-9-14/h4-11,13H,1,12H2,2-3H3. The van der Waals surface area contributed by atoms with Gasteiger partial charge >= 0.3 is 0 Å². The molecule has 1 saturated heterocycles. The van der Waals surface area contributed by atoms with Crippen molar-refractivity contribution in [3.05, 3.63) is 80.7 Å². The summed E-state index contributed by atoms with van der Waals surface area (Å²) in [5.74, 6) is 0.527. The number of amides is 1. The maximum absolute atomic E-state index is 13.5. The third kappa shape index (κ3) is 3.70. The first kappa shape index (κ1) is 23.0. The zero-order chi connectivity index (χ0) is 24.0. The van der Waals surface area contributed by atoms with Crippen LogP contribution in [0.1, 0.15) is 0 Å². The summed E-state index contributed by atoms with van der Waals surface area (Å²) in [4.78, 5) is 32.0. The van der Waals surface area contributed by atoms with Crippen molar-refractivity contribution in [2.75, 3.05) is 24.0 Å². The van der Waals surface area contributed by atoms with Crippen LogP contribution < -0.4 is 29.3 Å². The molecule has 0 spiro atoms. The average Bonchev–Trinajstić information content (AvgIpc) is 3.45. The molecule has 1 aromatic heterocycles. The number of anilines is 2. The second-order valence-corrected chi connectivity index (χ2v) is 11.1. The Hall–Kier alpha value is -2.79. The van der Waals surface area contributed by atoms with Gasteiger partial charge in [0.1, 0.15) is 24.9 Å². The molecule has 2 aliphatic heterocycles. The molecule has 0 aliphatic carbocycles. The highest BCUT2D eigenvalue weighted by atomic mass is 32.2. The Kier molecular flexibility index (Phi) is 6.15. The number of nitrogens with zero attached hydrogens (tertiary/aromatic N) is 3. The smallest absolute Gasteiger partial charge is 0.273 e. The molecule has 0 unspecified atom stereocenters. The van der Waals surface area contributed by atoms with Crippen LogP contribution in [0, 0.1) is 0 Å². The van der Waals surface area contributed by atoms with Crippen LogP contribution in [0.2, 0.25) is 0 Å². The van der Waals surface area contributed by atoms with Crippen molar-refractivity contribution in [2.24, 2.45) is 0 Å². The number of thioether (sulfide) groups is 2. The third-order valence-electron chi connectivity index (χ3n) is 5.41. The van der Waals surface area contributed by atoms with Gasteiger partial charge in [0.25, 0.3) is 11.5 Å². The third-order valence-corrected chi connectivity index (χ3v) is 9.45. The van der Waals surface area contributed by atoms with Crippen molar-refractivity contribution in [2.45, 2.75) is 11.4 Å². The van der Waals surface area contributed by atoms with Crippen LogP contribution in [0.25, 0.3) is 9.93 Å². The lowest BCUT2D eigenvalue weighted by molar-refractivity contribution is -0.112. The number of ether oxygens (including phenoxy) is 1. The number of benzene rings is 2. The van der Waals surface area contributed by atoms with E-state index in [9.17, 15) is 9.59 Å². The highest BCUT2D eigenvalue weighted by molar-refractivity contribution is 8.31. The lowest BCUT2D eigenvalue weighted by Crippen LogP contribution is -2.35. The summed E-state index contributed by atoms with van der Waals surface area (Å²) in [7, 11) is 3.56. The molecular formula is C24H19N3O3S4. The van der Waals surface area contributed by atoms with Crippen LogP contribution >= 0.6 is 47.1 Å². The molecule has 172 valence electrons. The minimum Gasteiger partial charge on any atom is -0.497 e. The molecule has 34 heavy (non-hydrogen) atoms. The van der Waals surface area contributed by atoms with Gasteiger partial charge in [-0.05, 0) is 24.3 Å². The molecular weight excluding hydrogens is 507 g/mol. The van der Waals surface area contributed by atoms with E-state index < -0.39 is 0 Å². The number of carbonyl (C=O) groups excluding carboxylic acids is 1. The molecule has 2 aliphatic rings. The summed E-state index contributed by atoms with van der Waals surface area (Å²) in [6.45, 7) is 4.10. The van der Waals surface area contributed by atoms with Crippen LogP contribution in [0.4, 0.5) is 11.4 Å². The second-order valence-electron chi connectivity index (χ2n) is 7.41. The summed E-state index contributed by atoms with van der Waals surface area (Å²) in [5.41, 5.74) is 1.53. The molecule has 0 atom stereocenters. The van der Waals surface area contributed by atoms with Gasteiger partial charge in [-0.3, -0.25) is 19.1 Å². The van der Waals surface area contributed by atoms with Gasteiger partial charge in [-0.15, -0.1) is 17.9 Å². The predicted octanol–water partition coefficient (Wildman–Crippen LogP) is 3.59. The first-order valence-corrected chi connectivity index (χ1v) is 13.1. The van der Waals surface area contributed by atoms with Crippen molar-refractivity contribution >= 4 is 78.6 Å². The van der Waals surface area contributed by atoms with Gasteiger partial charge in [0.15, 0.2) is 4.32 Å². The topological polar surface area (TPSA) is 54.8 Å². The van der Waals surface area contributed by atoms with Crippen LogP contribution in [0.3, 0.4) is 0 Å². The second kappa shape index (κ2) is 9.10. The van der Waals surface area contributed by atoms with E-state index in [2.05, 4.69) is 6.58 Å². The molecule has 0 saturated carbocycles. The molecule has 0 N–H and O–H groups in total. The molecule has 6 nitrogen and oxygen atoms in total. The summed E-state index contributed by atoms with van der Waals surface area (Å²) in [5, 5.41) is 0.820. The fourth-order valence-corrected chi connectivity index (χ4v) is 7.65. The first-order chi connectivity index (χ1) is 16.4. The van der Waals surface area contributed by atoms with E-state index in [0.29, 0.717) is 30.7 Å². The van der Waals surface area contributed by atoms with Crippen LogP contribution in [0.5, 0.6) is 5.75 Å². The quantitative estimate of drug-likeness (QED) is 0.381. The monoisotopic (exact) mass is 525 g/mol. The summed E-state index contributed by atoms with van der Waals surface area (Å²) in [6, 6.07) is 15.1. The Bertz CT molecular complexity index is 1520. The van der Waals surface area contributed by atoms with Crippen LogP contribution in [-0.2, 0) is 11.3 Å². The van der Waals surface area contributed by atoms with Gasteiger partial charge < -0.3 is 9.64 Å². The molecule has 2 aromatic carbocycles. The number of carbonyl (C=O) groups is 1. The van der Waals surface area contributed by atoms with Gasteiger partial charge in [0, 0.05) is 24.6 Å². The number of fused-ring (bicyclic) bond motifs is 1. The first-order valence-electron chi connectivity index (χ1n) is 10.2. The normalized spacial score (nSPS) is 18.5. The lowest BCUT2D eigenvalue weighted by atomic mass is 10.3. The number of thiocarbonyl (C=S) groups is 1. The number of allylic oxidation sites excluding steroid dienone is 1. The Morgan fingerprint density at radius 2 is 1.88 bits per heavy atom. The van der Waals surface area contributed by atoms with Gasteiger partial charge in [-0.2, -0.15) is 0 Å². The van der Waals surface area contributed by atoms with Gasteiger partial charge in [-0.1, -0.05) is 60.0 Å². The molecule has 1 amide bonds. The molecule has 10 heteroatoms. The number of rotatable bonds is 4. The summed E-state index contributed by atoms with van der Waals surface area (Å²) < 4.78 is 8.58. The number of aromatic nitrogens is 1. The number of methoxy groups -OCH3 is 1. The molecule has 3 aromatic rings. The highest BCUT2D eigenvalue weighted by Crippen LogP contribution is 2.46. The van der Waals surface area contributed by atoms with Crippen molar-refractivity contribution in [1.82, 2.24) is 4.57 Å². The molecule has 5 rings (SSSR count). The summed E-state index contributed by atoms with van der Waals surface area (Å²) in [6.07, 6.45) is 1.66. The SMILES string of the molecule is C=CCn1c(=C2SC(=S)N(c3ccccc3)C2=O)sc(=C2Sc3ccc(OC)cc3N2C)c1=O. The maximum Gasteiger partial charge on any atom is 0.273 e. The Labute approximate surface area is 213 Å². The fraction of sp³-hybridized carbons (Fsp3) is 0.125. The van der Waals surface area contributed by atoms with E-state index in [4.69, 9.17) is 17.0 Å². The van der Waals surface area contributed by atoms with Crippen LogP contribution in [-0.4, -0.2) is 29.0 Å². The van der Waals surface area contributed by atoms with E-state index in [1.807, 2.05) is 60.5 Å². The van der Waals surface area contributed by atoms with Gasteiger partial charge in [-0.25, -0.2) is 0 Å². The molecule has 3 heterocycles.